The van der Waals surface area contributed by atoms with Crippen LogP contribution in [0, 0.1) is 11.8 Å². The predicted octanol–water partition coefficient (Wildman–Crippen LogP) is 7.89. The van der Waals surface area contributed by atoms with Crippen LogP contribution in [0.1, 0.15) is 81.4 Å². The lowest BCUT2D eigenvalue weighted by Gasteiger charge is -2.43. The Balaban J connectivity index is 1.60. The van der Waals surface area contributed by atoms with Gasteiger partial charge in [0.25, 0.3) is 0 Å². The Bertz CT molecular complexity index is 980. The van der Waals surface area contributed by atoms with E-state index in [2.05, 4.69) is 50.2 Å². The van der Waals surface area contributed by atoms with Crippen molar-refractivity contribution in [2.75, 3.05) is 0 Å². The van der Waals surface area contributed by atoms with E-state index >= 15 is 0 Å². The lowest BCUT2D eigenvalue weighted by atomic mass is 9.60. The van der Waals surface area contributed by atoms with Crippen molar-refractivity contribution in [3.8, 4) is 17.2 Å². The quantitative estimate of drug-likeness (QED) is 0.322. The molecule has 1 aliphatic rings. The third kappa shape index (κ3) is 5.41. The topological polar surface area (TPSA) is 60.7 Å². The second-order valence-corrected chi connectivity index (χ2v) is 10.5. The van der Waals surface area contributed by atoms with Crippen LogP contribution in [0.3, 0.4) is 0 Å². The van der Waals surface area contributed by atoms with Crippen molar-refractivity contribution in [1.29, 1.82) is 0 Å². The molecule has 1 atom stereocenters. The molecule has 3 aromatic carbocycles. The zero-order valence-corrected chi connectivity index (χ0v) is 20.5. The van der Waals surface area contributed by atoms with E-state index in [-0.39, 0.29) is 16.9 Å². The maximum Gasteiger partial charge on any atom is 0.115 e. The minimum absolute atomic E-state index is 0.116. The molecule has 3 heteroatoms. The molecule has 1 fully saturated rings. The first-order chi connectivity index (χ1) is 16.4. The Hall–Kier alpha value is -2.94. The molecule has 0 spiro atoms. The van der Waals surface area contributed by atoms with Gasteiger partial charge in [0.1, 0.15) is 17.2 Å². The fraction of sp³-hybridized carbons (Fsp3) is 0.419. The van der Waals surface area contributed by atoms with Crippen LogP contribution >= 0.6 is 0 Å². The Morgan fingerprint density at radius 1 is 0.676 bits per heavy atom. The van der Waals surface area contributed by atoms with E-state index in [1.807, 2.05) is 12.1 Å². The summed E-state index contributed by atoms with van der Waals surface area (Å²) in [4.78, 5) is 0. The van der Waals surface area contributed by atoms with E-state index in [1.54, 1.807) is 24.3 Å². The Kier molecular flexibility index (Phi) is 7.50. The minimum Gasteiger partial charge on any atom is -0.508 e. The van der Waals surface area contributed by atoms with Gasteiger partial charge in [0.2, 0.25) is 0 Å². The predicted molar refractivity (Wildman–Crippen MR) is 138 cm³/mol. The molecule has 0 aliphatic heterocycles. The SMILES string of the molecule is CC(C)CCCC(c1ccc(O)cc1)C1CCC(c2ccc(O)cc2)(c2ccc(O)cc2)CC1. The van der Waals surface area contributed by atoms with E-state index in [0.717, 1.165) is 25.7 Å². The van der Waals surface area contributed by atoms with Crippen molar-refractivity contribution in [3.05, 3.63) is 89.5 Å². The summed E-state index contributed by atoms with van der Waals surface area (Å²) < 4.78 is 0. The number of hydrogen-bond acceptors (Lipinski definition) is 3. The van der Waals surface area contributed by atoms with Crippen molar-refractivity contribution in [1.82, 2.24) is 0 Å². The van der Waals surface area contributed by atoms with Crippen molar-refractivity contribution in [3.63, 3.8) is 0 Å². The van der Waals surface area contributed by atoms with Crippen molar-refractivity contribution < 1.29 is 15.3 Å². The van der Waals surface area contributed by atoms with Crippen LogP contribution in [0.25, 0.3) is 0 Å². The number of aromatic hydroxyl groups is 3. The number of phenols is 3. The van der Waals surface area contributed by atoms with Gasteiger partial charge in [0, 0.05) is 5.41 Å². The van der Waals surface area contributed by atoms with E-state index in [1.165, 1.54) is 36.0 Å². The molecule has 0 aromatic heterocycles. The van der Waals surface area contributed by atoms with Crippen LogP contribution in [0.4, 0.5) is 0 Å². The lowest BCUT2D eigenvalue weighted by Crippen LogP contribution is -2.34. The van der Waals surface area contributed by atoms with Crippen molar-refractivity contribution in [2.24, 2.45) is 11.8 Å². The molecule has 1 aliphatic carbocycles. The summed E-state index contributed by atoms with van der Waals surface area (Å²) in [6.07, 6.45) is 7.95. The molecule has 0 heterocycles. The summed E-state index contributed by atoms with van der Waals surface area (Å²) in [5.41, 5.74) is 3.69. The summed E-state index contributed by atoms with van der Waals surface area (Å²) >= 11 is 0. The van der Waals surface area contributed by atoms with Gasteiger partial charge in [-0.3, -0.25) is 0 Å². The van der Waals surface area contributed by atoms with E-state index in [0.29, 0.717) is 23.5 Å². The van der Waals surface area contributed by atoms with E-state index in [4.69, 9.17) is 0 Å². The zero-order valence-electron chi connectivity index (χ0n) is 20.5. The average molecular weight is 459 g/mol. The number of phenolic OH excluding ortho intramolecular Hbond substituents is 3. The highest BCUT2D eigenvalue weighted by molar-refractivity contribution is 5.43. The highest BCUT2D eigenvalue weighted by Crippen LogP contribution is 2.50. The van der Waals surface area contributed by atoms with Gasteiger partial charge in [-0.1, -0.05) is 63.1 Å². The zero-order chi connectivity index (χ0) is 24.1. The first kappa shape index (κ1) is 24.2. The lowest BCUT2D eigenvalue weighted by molar-refractivity contribution is 0.225. The Labute approximate surface area is 204 Å². The molecule has 0 amide bonds. The van der Waals surface area contributed by atoms with Crippen LogP contribution in [0.5, 0.6) is 17.2 Å². The smallest absolute Gasteiger partial charge is 0.115 e. The molecule has 1 saturated carbocycles. The van der Waals surface area contributed by atoms with E-state index in [9.17, 15) is 15.3 Å². The number of hydrogen-bond donors (Lipinski definition) is 3. The van der Waals surface area contributed by atoms with Gasteiger partial charge in [0.15, 0.2) is 0 Å². The number of rotatable bonds is 8. The summed E-state index contributed by atoms with van der Waals surface area (Å²) in [6, 6.07) is 23.2. The monoisotopic (exact) mass is 458 g/mol. The van der Waals surface area contributed by atoms with Crippen molar-refractivity contribution >= 4 is 0 Å². The molecule has 3 aromatic rings. The summed E-state index contributed by atoms with van der Waals surface area (Å²) in [5, 5.41) is 29.6. The molecule has 0 radical (unpaired) electrons. The Morgan fingerprint density at radius 3 is 1.56 bits per heavy atom. The minimum atomic E-state index is -0.116. The van der Waals surface area contributed by atoms with Gasteiger partial charge in [-0.05, 0) is 103 Å². The van der Waals surface area contributed by atoms with Crippen LogP contribution in [-0.4, -0.2) is 15.3 Å². The molecule has 3 N–H and O–H groups in total. The first-order valence-electron chi connectivity index (χ1n) is 12.8. The van der Waals surface area contributed by atoms with Crippen LogP contribution in [0.2, 0.25) is 0 Å². The molecular weight excluding hydrogens is 420 g/mol. The molecular formula is C31H38O3. The first-order valence-corrected chi connectivity index (χ1v) is 12.8. The molecule has 1 unspecified atom stereocenters. The summed E-state index contributed by atoms with van der Waals surface area (Å²) in [5.74, 6) is 2.71. The molecule has 4 rings (SSSR count). The standard InChI is InChI=1S/C31H38O3/c1-22(2)4-3-5-30(23-6-12-27(32)13-7-23)24-18-20-31(21-19-24,25-8-14-28(33)15-9-25)26-10-16-29(34)17-11-26/h6-17,22,24,30,32-34H,3-5,18-21H2,1-2H3. The average Bonchev–Trinajstić information content (AvgIpc) is 2.84. The third-order valence-corrected chi connectivity index (χ3v) is 7.91. The van der Waals surface area contributed by atoms with Crippen LogP contribution in [-0.2, 0) is 5.41 Å². The highest BCUT2D eigenvalue weighted by Gasteiger charge is 2.40. The molecule has 0 bridgehead atoms. The second-order valence-electron chi connectivity index (χ2n) is 10.5. The fourth-order valence-corrected chi connectivity index (χ4v) is 5.98. The van der Waals surface area contributed by atoms with Gasteiger partial charge < -0.3 is 15.3 Å². The fourth-order valence-electron chi connectivity index (χ4n) is 5.98. The second kappa shape index (κ2) is 10.5. The van der Waals surface area contributed by atoms with Gasteiger partial charge in [-0.15, -0.1) is 0 Å². The van der Waals surface area contributed by atoms with Gasteiger partial charge >= 0.3 is 0 Å². The van der Waals surface area contributed by atoms with Gasteiger partial charge in [-0.2, -0.15) is 0 Å². The van der Waals surface area contributed by atoms with Gasteiger partial charge in [0.05, 0.1) is 0 Å². The third-order valence-electron chi connectivity index (χ3n) is 7.91. The molecule has 0 saturated heterocycles. The normalized spacial score (nSPS) is 17.0. The van der Waals surface area contributed by atoms with Crippen LogP contribution in [0.15, 0.2) is 72.8 Å². The largest absolute Gasteiger partial charge is 0.508 e. The van der Waals surface area contributed by atoms with Gasteiger partial charge in [-0.25, -0.2) is 0 Å². The van der Waals surface area contributed by atoms with Crippen molar-refractivity contribution in [2.45, 2.75) is 70.1 Å². The van der Waals surface area contributed by atoms with Crippen LogP contribution < -0.4 is 0 Å². The maximum atomic E-state index is 9.88. The molecule has 34 heavy (non-hydrogen) atoms. The number of benzene rings is 3. The van der Waals surface area contributed by atoms with E-state index < -0.39 is 0 Å². The summed E-state index contributed by atoms with van der Waals surface area (Å²) in [7, 11) is 0. The molecule has 3 nitrogen and oxygen atoms in total. The highest BCUT2D eigenvalue weighted by atomic mass is 16.3. The summed E-state index contributed by atoms with van der Waals surface area (Å²) in [6.45, 7) is 4.58. The Morgan fingerprint density at radius 2 is 1.12 bits per heavy atom. The maximum absolute atomic E-state index is 9.88. The molecule has 180 valence electrons.